The fourth-order valence-electron chi connectivity index (χ4n) is 1.41. The van der Waals surface area contributed by atoms with Gasteiger partial charge in [0.25, 0.3) is 0 Å². The van der Waals surface area contributed by atoms with Gasteiger partial charge in [0.1, 0.15) is 11.9 Å². The average Bonchev–Trinajstić information content (AvgIpc) is 2.38. The van der Waals surface area contributed by atoms with Gasteiger partial charge >= 0.3 is 5.97 Å². The summed E-state index contributed by atoms with van der Waals surface area (Å²) in [4.78, 5) is 19.4. The quantitative estimate of drug-likeness (QED) is 0.870. The van der Waals surface area contributed by atoms with E-state index in [0.29, 0.717) is 26.4 Å². The normalized spacial score (nSPS) is 10.4. The summed E-state index contributed by atoms with van der Waals surface area (Å²) < 4.78 is 0. The van der Waals surface area contributed by atoms with Gasteiger partial charge in [-0.05, 0) is 12.1 Å². The van der Waals surface area contributed by atoms with E-state index in [9.17, 15) is 4.79 Å². The van der Waals surface area contributed by atoms with Crippen LogP contribution in [0.1, 0.15) is 16.1 Å². The van der Waals surface area contributed by atoms with E-state index >= 15 is 0 Å². The number of hydrogen-bond acceptors (Lipinski definition) is 4. The highest BCUT2D eigenvalue weighted by Gasteiger charge is 2.13. The van der Waals surface area contributed by atoms with Crippen LogP contribution in [0.2, 0.25) is 10.0 Å². The van der Waals surface area contributed by atoms with Crippen molar-refractivity contribution < 1.29 is 9.90 Å². The smallest absolute Gasteiger partial charge is 0.339 e. The van der Waals surface area contributed by atoms with E-state index < -0.39 is 5.97 Å². The van der Waals surface area contributed by atoms with Crippen molar-refractivity contribution in [1.29, 1.82) is 0 Å². The Labute approximate surface area is 123 Å². The monoisotopic (exact) mass is 314 g/mol. The lowest BCUT2D eigenvalue weighted by atomic mass is 10.2. The Morgan fingerprint density at radius 2 is 2.00 bits per heavy atom. The summed E-state index contributed by atoms with van der Waals surface area (Å²) in [5.41, 5.74) is 0.515. The first-order chi connectivity index (χ1) is 9.09. The lowest BCUT2D eigenvalue weighted by Gasteiger charge is -2.07. The van der Waals surface area contributed by atoms with Crippen molar-refractivity contribution in [3.05, 3.63) is 52.0 Å². The second-order valence-corrected chi connectivity index (χ2v) is 5.33. The number of thioether (sulfide) groups is 1. The van der Waals surface area contributed by atoms with E-state index in [2.05, 4.69) is 9.97 Å². The lowest BCUT2D eigenvalue weighted by molar-refractivity contribution is 0.0695. The van der Waals surface area contributed by atoms with E-state index in [-0.39, 0.29) is 5.56 Å². The molecule has 1 aromatic carbocycles. The third-order valence-corrected chi connectivity index (χ3v) is 4.30. The van der Waals surface area contributed by atoms with Crippen molar-refractivity contribution in [2.45, 2.75) is 10.6 Å². The first-order valence-electron chi connectivity index (χ1n) is 5.18. The Balaban J connectivity index is 2.22. The highest BCUT2D eigenvalue weighted by molar-refractivity contribution is 7.98. The zero-order valence-corrected chi connectivity index (χ0v) is 11.8. The Morgan fingerprint density at radius 1 is 1.32 bits per heavy atom. The van der Waals surface area contributed by atoms with Crippen LogP contribution in [0.25, 0.3) is 0 Å². The number of aromatic nitrogens is 2. The molecule has 0 unspecified atom stereocenters. The molecule has 0 aliphatic heterocycles. The van der Waals surface area contributed by atoms with Crippen molar-refractivity contribution >= 4 is 40.9 Å². The predicted molar refractivity (Wildman–Crippen MR) is 75.0 cm³/mol. The molecule has 0 aliphatic carbocycles. The molecule has 98 valence electrons. The molecule has 0 aliphatic rings. The predicted octanol–water partition coefficient (Wildman–Crippen LogP) is 3.77. The van der Waals surface area contributed by atoms with Crippen LogP contribution in [0.5, 0.6) is 0 Å². The molecule has 0 bridgehead atoms. The topological polar surface area (TPSA) is 63.1 Å². The van der Waals surface area contributed by atoms with Gasteiger partial charge in [-0.1, -0.05) is 29.3 Å². The maximum Gasteiger partial charge on any atom is 0.339 e. The van der Waals surface area contributed by atoms with Crippen molar-refractivity contribution in [3.63, 3.8) is 0 Å². The number of carboxylic acid groups (broad SMARTS) is 1. The fraction of sp³-hybridized carbons (Fsp3) is 0.0833. The first kappa shape index (κ1) is 14.1. The van der Waals surface area contributed by atoms with Crippen LogP contribution < -0.4 is 0 Å². The van der Waals surface area contributed by atoms with Crippen LogP contribution in [0.15, 0.2) is 35.6 Å². The SMILES string of the molecule is O=C(O)c1cncnc1CSc1c(Cl)cccc1Cl. The van der Waals surface area contributed by atoms with Gasteiger partial charge in [0.05, 0.1) is 15.7 Å². The molecule has 0 spiro atoms. The van der Waals surface area contributed by atoms with Crippen molar-refractivity contribution in [1.82, 2.24) is 9.97 Å². The summed E-state index contributed by atoms with van der Waals surface area (Å²) >= 11 is 13.4. The Morgan fingerprint density at radius 3 is 2.63 bits per heavy atom. The molecule has 7 heteroatoms. The van der Waals surface area contributed by atoms with Crippen LogP contribution in [-0.4, -0.2) is 21.0 Å². The van der Waals surface area contributed by atoms with Crippen LogP contribution in [-0.2, 0) is 5.75 Å². The minimum absolute atomic E-state index is 0.0816. The first-order valence-corrected chi connectivity index (χ1v) is 6.92. The summed E-state index contributed by atoms with van der Waals surface area (Å²) in [6, 6.07) is 5.21. The molecular formula is C12H8Cl2N2O2S. The standard InChI is InChI=1S/C12H8Cl2N2O2S/c13-8-2-1-3-9(14)11(8)19-5-10-7(12(17)18)4-15-6-16-10/h1-4,6H,5H2,(H,17,18). The van der Waals surface area contributed by atoms with Gasteiger partial charge < -0.3 is 5.11 Å². The van der Waals surface area contributed by atoms with E-state index in [0.717, 1.165) is 0 Å². The number of hydrogen-bond donors (Lipinski definition) is 1. The van der Waals surface area contributed by atoms with E-state index in [1.54, 1.807) is 18.2 Å². The summed E-state index contributed by atoms with van der Waals surface area (Å²) in [7, 11) is 0. The maximum atomic E-state index is 11.0. The summed E-state index contributed by atoms with van der Waals surface area (Å²) in [5.74, 6) is -0.699. The van der Waals surface area contributed by atoms with Crippen LogP contribution >= 0.6 is 35.0 Å². The highest BCUT2D eigenvalue weighted by Crippen LogP contribution is 2.35. The molecule has 19 heavy (non-hydrogen) atoms. The molecule has 2 aromatic rings. The minimum atomic E-state index is -1.05. The van der Waals surface area contributed by atoms with E-state index in [1.165, 1.54) is 24.3 Å². The van der Waals surface area contributed by atoms with Gasteiger partial charge in [0, 0.05) is 16.8 Å². The average molecular weight is 315 g/mol. The highest BCUT2D eigenvalue weighted by atomic mass is 35.5. The molecule has 1 aromatic heterocycles. The molecule has 1 N–H and O–H groups in total. The number of carboxylic acids is 1. The second-order valence-electron chi connectivity index (χ2n) is 3.53. The Kier molecular flexibility index (Phi) is 4.63. The summed E-state index contributed by atoms with van der Waals surface area (Å²) in [6.45, 7) is 0. The number of halogens is 2. The second kappa shape index (κ2) is 6.23. The number of benzene rings is 1. The van der Waals surface area contributed by atoms with Crippen molar-refractivity contribution in [3.8, 4) is 0 Å². The summed E-state index contributed by atoms with van der Waals surface area (Å²) in [6.07, 6.45) is 2.59. The van der Waals surface area contributed by atoms with Crippen LogP contribution in [0.3, 0.4) is 0 Å². The zero-order valence-electron chi connectivity index (χ0n) is 9.51. The van der Waals surface area contributed by atoms with Gasteiger partial charge in [-0.2, -0.15) is 0 Å². The molecule has 1 heterocycles. The van der Waals surface area contributed by atoms with Gasteiger partial charge in [-0.25, -0.2) is 14.8 Å². The molecule has 0 atom stereocenters. The molecule has 4 nitrogen and oxygen atoms in total. The molecule has 0 saturated carbocycles. The van der Waals surface area contributed by atoms with E-state index in [4.69, 9.17) is 28.3 Å². The molecule has 2 rings (SSSR count). The van der Waals surface area contributed by atoms with Gasteiger partial charge in [-0.3, -0.25) is 0 Å². The fourth-order valence-corrected chi connectivity index (χ4v) is 3.06. The molecular weight excluding hydrogens is 307 g/mol. The number of aromatic carboxylic acids is 1. The van der Waals surface area contributed by atoms with Crippen LogP contribution in [0, 0.1) is 0 Å². The van der Waals surface area contributed by atoms with Gasteiger partial charge in [-0.15, -0.1) is 11.8 Å². The van der Waals surface area contributed by atoms with Crippen LogP contribution in [0.4, 0.5) is 0 Å². The molecule has 0 radical (unpaired) electrons. The third kappa shape index (κ3) is 3.37. The minimum Gasteiger partial charge on any atom is -0.478 e. The number of nitrogens with zero attached hydrogens (tertiary/aromatic N) is 2. The summed E-state index contributed by atoms with van der Waals surface area (Å²) in [5, 5.41) is 10.1. The number of carbonyl (C=O) groups is 1. The Bertz CT molecular complexity index is 602. The van der Waals surface area contributed by atoms with Gasteiger partial charge in [0.15, 0.2) is 0 Å². The largest absolute Gasteiger partial charge is 0.478 e. The lowest BCUT2D eigenvalue weighted by Crippen LogP contribution is -2.04. The van der Waals surface area contributed by atoms with Crippen molar-refractivity contribution in [2.75, 3.05) is 0 Å². The molecule has 0 amide bonds. The zero-order chi connectivity index (χ0) is 13.8. The molecule has 0 fully saturated rings. The maximum absolute atomic E-state index is 11.0. The number of rotatable bonds is 4. The van der Waals surface area contributed by atoms with Gasteiger partial charge in [0.2, 0.25) is 0 Å². The molecule has 0 saturated heterocycles. The Hall–Kier alpha value is -1.30. The third-order valence-electron chi connectivity index (χ3n) is 2.30. The van der Waals surface area contributed by atoms with E-state index in [1.807, 2.05) is 0 Å². The van der Waals surface area contributed by atoms with Crippen molar-refractivity contribution in [2.24, 2.45) is 0 Å².